The van der Waals surface area contributed by atoms with Gasteiger partial charge in [0, 0.05) is 25.2 Å². The number of anilines is 1. The van der Waals surface area contributed by atoms with E-state index in [0.29, 0.717) is 31.0 Å². The van der Waals surface area contributed by atoms with Crippen molar-refractivity contribution in [3.8, 4) is 0 Å². The summed E-state index contributed by atoms with van der Waals surface area (Å²) in [6, 6.07) is 6.28. The summed E-state index contributed by atoms with van der Waals surface area (Å²) >= 11 is 0. The van der Waals surface area contributed by atoms with Gasteiger partial charge in [0.05, 0.1) is 10.8 Å². The highest BCUT2D eigenvalue weighted by molar-refractivity contribution is 7.90. The average Bonchev–Trinajstić information content (AvgIpc) is 3.20. The highest BCUT2D eigenvalue weighted by Crippen LogP contribution is 2.18. The van der Waals surface area contributed by atoms with Crippen LogP contribution in [0.1, 0.15) is 19.3 Å². The fourth-order valence-corrected chi connectivity index (χ4v) is 3.84. The summed E-state index contributed by atoms with van der Waals surface area (Å²) in [6.45, 7) is 2.15. The van der Waals surface area contributed by atoms with Gasteiger partial charge in [0.15, 0.2) is 0 Å². The maximum absolute atomic E-state index is 12.4. The van der Waals surface area contributed by atoms with Crippen molar-refractivity contribution in [1.82, 2.24) is 10.0 Å². The van der Waals surface area contributed by atoms with E-state index in [0.717, 1.165) is 19.4 Å². The number of carbonyl (C=O) groups is 1. The van der Waals surface area contributed by atoms with Crippen molar-refractivity contribution in [2.24, 2.45) is 10.9 Å². The molecule has 0 aromatic heterocycles. The van der Waals surface area contributed by atoms with E-state index in [2.05, 4.69) is 20.3 Å². The maximum Gasteiger partial charge on any atom is 0.262 e. The largest absolute Gasteiger partial charge is 0.326 e. The fourth-order valence-electron chi connectivity index (χ4n) is 2.70. The number of halogens is 1. The summed E-state index contributed by atoms with van der Waals surface area (Å²) in [4.78, 5) is 16.4. The Bertz CT molecular complexity index is 730. The predicted molar refractivity (Wildman–Crippen MR) is 95.2 cm³/mol. The number of sulfonamides is 1. The zero-order chi connectivity index (χ0) is 16.3. The molecule has 2 aliphatic heterocycles. The number of nitrogens with zero attached hydrogens (tertiary/aromatic N) is 1. The van der Waals surface area contributed by atoms with Crippen LogP contribution in [-0.4, -0.2) is 39.8 Å². The molecule has 0 bridgehead atoms. The fraction of sp³-hybridized carbons (Fsp3) is 0.467. The van der Waals surface area contributed by atoms with Crippen molar-refractivity contribution in [2.75, 3.05) is 25.0 Å². The Morgan fingerprint density at radius 3 is 2.83 bits per heavy atom. The van der Waals surface area contributed by atoms with E-state index >= 15 is 0 Å². The third-order valence-electron chi connectivity index (χ3n) is 3.97. The Kier molecular flexibility index (Phi) is 6.20. The normalized spacial score (nSPS) is 20.2. The van der Waals surface area contributed by atoms with Crippen molar-refractivity contribution < 1.29 is 13.2 Å². The Balaban J connectivity index is 0.00000208. The number of hydrogen-bond acceptors (Lipinski definition) is 5. The first kappa shape index (κ1) is 18.7. The molecule has 0 spiro atoms. The minimum absolute atomic E-state index is 0. The molecule has 1 saturated heterocycles. The van der Waals surface area contributed by atoms with Crippen LogP contribution in [0.15, 0.2) is 34.2 Å². The number of amides is 1. The molecule has 0 saturated carbocycles. The molecule has 1 amide bonds. The molecule has 1 fully saturated rings. The van der Waals surface area contributed by atoms with Crippen molar-refractivity contribution in [3.05, 3.63) is 24.3 Å². The van der Waals surface area contributed by atoms with E-state index < -0.39 is 10.0 Å². The van der Waals surface area contributed by atoms with Gasteiger partial charge in [-0.15, -0.1) is 12.4 Å². The first-order chi connectivity index (χ1) is 11.0. The van der Waals surface area contributed by atoms with E-state index in [-0.39, 0.29) is 29.1 Å². The van der Waals surface area contributed by atoms with Gasteiger partial charge in [0.2, 0.25) is 5.91 Å². The van der Waals surface area contributed by atoms with E-state index in [1.54, 1.807) is 12.1 Å². The molecule has 0 aliphatic carbocycles. The SMILES string of the molecule is Cl.O=C(Nc1cccc(S(=O)(=O)NC2=NCCC2)c1)C1CCNC1. The minimum atomic E-state index is -3.67. The van der Waals surface area contributed by atoms with Crippen LogP contribution in [0.3, 0.4) is 0 Å². The minimum Gasteiger partial charge on any atom is -0.326 e. The van der Waals surface area contributed by atoms with Gasteiger partial charge in [0.1, 0.15) is 5.84 Å². The Morgan fingerprint density at radius 2 is 2.17 bits per heavy atom. The molecule has 1 aromatic carbocycles. The zero-order valence-electron chi connectivity index (χ0n) is 13.1. The van der Waals surface area contributed by atoms with E-state index in [1.807, 2.05) is 0 Å². The lowest BCUT2D eigenvalue weighted by Gasteiger charge is -2.12. The lowest BCUT2D eigenvalue weighted by Crippen LogP contribution is -2.29. The number of aliphatic imine (C=N–C) groups is 1. The van der Waals surface area contributed by atoms with Gasteiger partial charge in [-0.05, 0) is 37.6 Å². The van der Waals surface area contributed by atoms with Crippen LogP contribution in [0.25, 0.3) is 0 Å². The average molecular weight is 373 g/mol. The first-order valence-corrected chi connectivity index (χ1v) is 9.21. The zero-order valence-corrected chi connectivity index (χ0v) is 14.8. The van der Waals surface area contributed by atoms with Gasteiger partial charge < -0.3 is 10.6 Å². The number of benzene rings is 1. The molecule has 1 aromatic rings. The molecule has 2 heterocycles. The van der Waals surface area contributed by atoms with Crippen LogP contribution >= 0.6 is 12.4 Å². The quantitative estimate of drug-likeness (QED) is 0.737. The standard InChI is InChI=1S/C15H20N4O3S.ClH/c20-15(11-6-8-16-10-11)18-12-3-1-4-13(9-12)23(21,22)19-14-5-2-7-17-14;/h1,3-4,9,11,16H,2,5-8,10H2,(H,17,19)(H,18,20);1H. The third kappa shape index (κ3) is 4.46. The van der Waals surface area contributed by atoms with Gasteiger partial charge in [-0.25, -0.2) is 8.42 Å². The van der Waals surface area contributed by atoms with E-state index in [9.17, 15) is 13.2 Å². The number of nitrogens with one attached hydrogen (secondary N) is 3. The lowest BCUT2D eigenvalue weighted by atomic mass is 10.1. The Labute approximate surface area is 147 Å². The molecular formula is C15H21ClN4O3S. The second-order valence-electron chi connectivity index (χ2n) is 5.74. The van der Waals surface area contributed by atoms with Gasteiger partial charge in [0.25, 0.3) is 10.0 Å². The first-order valence-electron chi connectivity index (χ1n) is 7.72. The monoisotopic (exact) mass is 372 g/mol. The van der Waals surface area contributed by atoms with Crippen LogP contribution in [0, 0.1) is 5.92 Å². The van der Waals surface area contributed by atoms with Gasteiger partial charge >= 0.3 is 0 Å². The summed E-state index contributed by atoms with van der Waals surface area (Å²) in [6.07, 6.45) is 2.30. The van der Waals surface area contributed by atoms with Gasteiger partial charge in [-0.1, -0.05) is 6.07 Å². The second-order valence-corrected chi connectivity index (χ2v) is 7.43. The molecule has 7 nitrogen and oxygen atoms in total. The number of amidine groups is 1. The Morgan fingerprint density at radius 1 is 1.33 bits per heavy atom. The molecule has 132 valence electrons. The van der Waals surface area contributed by atoms with E-state index in [4.69, 9.17) is 0 Å². The van der Waals surface area contributed by atoms with Crippen LogP contribution < -0.4 is 15.4 Å². The number of rotatable bonds is 4. The smallest absolute Gasteiger partial charge is 0.262 e. The van der Waals surface area contributed by atoms with Crippen LogP contribution in [0.4, 0.5) is 5.69 Å². The van der Waals surface area contributed by atoms with Crippen molar-refractivity contribution in [3.63, 3.8) is 0 Å². The van der Waals surface area contributed by atoms with E-state index in [1.165, 1.54) is 12.1 Å². The summed E-state index contributed by atoms with van der Waals surface area (Å²) in [7, 11) is -3.67. The summed E-state index contributed by atoms with van der Waals surface area (Å²) in [5.41, 5.74) is 0.484. The Hall–Kier alpha value is -1.64. The number of hydrogen-bond donors (Lipinski definition) is 3. The van der Waals surface area contributed by atoms with Crippen molar-refractivity contribution >= 4 is 39.9 Å². The summed E-state index contributed by atoms with van der Waals surface area (Å²) < 4.78 is 27.2. The molecule has 3 N–H and O–H groups in total. The topological polar surface area (TPSA) is 99.7 Å². The number of carbonyl (C=O) groups excluding carboxylic acids is 1. The highest BCUT2D eigenvalue weighted by Gasteiger charge is 2.23. The molecule has 1 unspecified atom stereocenters. The van der Waals surface area contributed by atoms with Gasteiger partial charge in [-0.2, -0.15) is 0 Å². The molecule has 9 heteroatoms. The highest BCUT2D eigenvalue weighted by atomic mass is 35.5. The molecule has 2 aliphatic rings. The van der Waals surface area contributed by atoms with Crippen LogP contribution in [0.2, 0.25) is 0 Å². The van der Waals surface area contributed by atoms with Crippen molar-refractivity contribution in [2.45, 2.75) is 24.2 Å². The van der Waals surface area contributed by atoms with Crippen LogP contribution in [-0.2, 0) is 14.8 Å². The molecule has 1 atom stereocenters. The molecule has 24 heavy (non-hydrogen) atoms. The second kappa shape index (κ2) is 7.96. The third-order valence-corrected chi connectivity index (χ3v) is 5.35. The molecule has 0 radical (unpaired) electrons. The summed E-state index contributed by atoms with van der Waals surface area (Å²) in [5, 5.41) is 5.92. The molecule has 3 rings (SSSR count). The van der Waals surface area contributed by atoms with Crippen LogP contribution in [0.5, 0.6) is 0 Å². The summed E-state index contributed by atoms with van der Waals surface area (Å²) in [5.74, 6) is 0.343. The maximum atomic E-state index is 12.4. The predicted octanol–water partition coefficient (Wildman–Crippen LogP) is 1.13. The van der Waals surface area contributed by atoms with Gasteiger partial charge in [-0.3, -0.25) is 14.5 Å². The van der Waals surface area contributed by atoms with Crippen molar-refractivity contribution in [1.29, 1.82) is 0 Å². The molecular weight excluding hydrogens is 352 g/mol. The lowest BCUT2D eigenvalue weighted by molar-refractivity contribution is -0.119.